The summed E-state index contributed by atoms with van der Waals surface area (Å²) in [5.41, 5.74) is 0. The van der Waals surface area contributed by atoms with Gasteiger partial charge < -0.3 is 0 Å². The van der Waals surface area contributed by atoms with Crippen LogP contribution in [0.4, 0.5) is 0 Å². The molecule has 0 saturated carbocycles. The van der Waals surface area contributed by atoms with Crippen molar-refractivity contribution in [3.05, 3.63) is 29.3 Å². The van der Waals surface area contributed by atoms with Gasteiger partial charge in [0.05, 0.1) is 6.07 Å². The highest BCUT2D eigenvalue weighted by molar-refractivity contribution is 7.99. The molecule has 1 unspecified atom stereocenters. The van der Waals surface area contributed by atoms with E-state index < -0.39 is 5.38 Å². The molecule has 0 heterocycles. The van der Waals surface area contributed by atoms with Gasteiger partial charge >= 0.3 is 0 Å². The van der Waals surface area contributed by atoms with E-state index in [0.717, 1.165) is 4.90 Å². The predicted octanol–water partition coefficient (Wildman–Crippen LogP) is 3.56. The Labute approximate surface area is 91.6 Å². The van der Waals surface area contributed by atoms with Gasteiger partial charge in [-0.2, -0.15) is 5.26 Å². The smallest absolute Gasteiger partial charge is 0.129 e. The molecular formula is C9H7Cl2NS. The molecule has 68 valence electrons. The van der Waals surface area contributed by atoms with E-state index in [2.05, 4.69) is 0 Å². The third kappa shape index (κ3) is 3.91. The third-order valence-electron chi connectivity index (χ3n) is 1.35. The van der Waals surface area contributed by atoms with Crippen molar-refractivity contribution >= 4 is 35.0 Å². The van der Waals surface area contributed by atoms with Gasteiger partial charge in [0.15, 0.2) is 0 Å². The van der Waals surface area contributed by atoms with Crippen molar-refractivity contribution in [1.29, 1.82) is 5.26 Å². The molecule has 0 aliphatic heterocycles. The van der Waals surface area contributed by atoms with Crippen LogP contribution in [-0.4, -0.2) is 11.1 Å². The molecular weight excluding hydrogens is 225 g/mol. The summed E-state index contributed by atoms with van der Waals surface area (Å²) in [6, 6.07) is 9.42. The van der Waals surface area contributed by atoms with Crippen LogP contribution in [0.1, 0.15) is 0 Å². The Morgan fingerprint density at radius 1 is 1.38 bits per heavy atom. The first-order chi connectivity index (χ1) is 6.22. The molecule has 0 aromatic heterocycles. The van der Waals surface area contributed by atoms with Crippen LogP contribution < -0.4 is 0 Å². The zero-order valence-electron chi connectivity index (χ0n) is 6.71. The first kappa shape index (κ1) is 10.7. The average molecular weight is 232 g/mol. The highest BCUT2D eigenvalue weighted by atomic mass is 35.5. The summed E-state index contributed by atoms with van der Waals surface area (Å²) >= 11 is 12.9. The summed E-state index contributed by atoms with van der Waals surface area (Å²) < 4.78 is 0. The summed E-state index contributed by atoms with van der Waals surface area (Å²) in [6.45, 7) is 0. The summed E-state index contributed by atoms with van der Waals surface area (Å²) in [5.74, 6) is 0.597. The fraction of sp³-hybridized carbons (Fsp3) is 0.222. The quantitative estimate of drug-likeness (QED) is 0.587. The topological polar surface area (TPSA) is 23.8 Å². The Kier molecular flexibility index (Phi) is 4.44. The Bertz CT molecular complexity index is 304. The van der Waals surface area contributed by atoms with Crippen LogP contribution in [0.2, 0.25) is 5.02 Å². The highest BCUT2D eigenvalue weighted by Gasteiger charge is 2.02. The maximum absolute atomic E-state index is 8.44. The SMILES string of the molecule is N#CC(Cl)CSc1ccc(Cl)cc1. The molecule has 0 spiro atoms. The molecule has 0 aliphatic carbocycles. The van der Waals surface area contributed by atoms with Gasteiger partial charge in [-0.3, -0.25) is 0 Å². The van der Waals surface area contributed by atoms with Crippen LogP contribution in [0.15, 0.2) is 29.2 Å². The van der Waals surface area contributed by atoms with Gasteiger partial charge in [0.1, 0.15) is 5.38 Å². The molecule has 1 rings (SSSR count). The largest absolute Gasteiger partial charge is 0.197 e. The van der Waals surface area contributed by atoms with Crippen LogP contribution in [0.25, 0.3) is 0 Å². The minimum atomic E-state index is -0.430. The van der Waals surface area contributed by atoms with Gasteiger partial charge in [-0.15, -0.1) is 23.4 Å². The number of nitrogens with zero attached hydrogens (tertiary/aromatic N) is 1. The Morgan fingerprint density at radius 2 is 2.00 bits per heavy atom. The maximum Gasteiger partial charge on any atom is 0.129 e. The molecule has 0 amide bonds. The number of rotatable bonds is 3. The summed E-state index contributed by atoms with van der Waals surface area (Å²) in [4.78, 5) is 1.07. The maximum atomic E-state index is 8.44. The van der Waals surface area contributed by atoms with Gasteiger partial charge in [0.2, 0.25) is 0 Å². The van der Waals surface area contributed by atoms with E-state index in [1.165, 1.54) is 0 Å². The lowest BCUT2D eigenvalue weighted by molar-refractivity contribution is 1.24. The Morgan fingerprint density at radius 3 is 2.54 bits per heavy atom. The van der Waals surface area contributed by atoms with Gasteiger partial charge in [-0.05, 0) is 24.3 Å². The van der Waals surface area contributed by atoms with Crippen LogP contribution >= 0.6 is 35.0 Å². The van der Waals surface area contributed by atoms with Crippen molar-refractivity contribution < 1.29 is 0 Å². The van der Waals surface area contributed by atoms with Gasteiger partial charge in [0, 0.05) is 15.7 Å². The fourth-order valence-electron chi connectivity index (χ4n) is 0.737. The van der Waals surface area contributed by atoms with Gasteiger partial charge in [-0.1, -0.05) is 11.6 Å². The van der Waals surface area contributed by atoms with E-state index >= 15 is 0 Å². The van der Waals surface area contributed by atoms with Gasteiger partial charge in [-0.25, -0.2) is 0 Å². The third-order valence-corrected chi connectivity index (χ3v) is 3.14. The normalized spacial score (nSPS) is 12.1. The zero-order chi connectivity index (χ0) is 9.68. The van der Waals surface area contributed by atoms with Crippen LogP contribution in [0, 0.1) is 11.3 Å². The standard InChI is InChI=1S/C9H7Cl2NS/c10-7-1-3-9(4-2-7)13-6-8(11)5-12/h1-4,8H,6H2. The second kappa shape index (κ2) is 5.39. The molecule has 1 aromatic carbocycles. The molecule has 1 aromatic rings. The molecule has 0 bridgehead atoms. The van der Waals surface area contributed by atoms with Crippen molar-refractivity contribution in [2.24, 2.45) is 0 Å². The van der Waals surface area contributed by atoms with Crippen LogP contribution in [-0.2, 0) is 0 Å². The summed E-state index contributed by atoms with van der Waals surface area (Å²) in [5, 5.41) is 8.73. The molecule has 13 heavy (non-hydrogen) atoms. The van der Waals surface area contributed by atoms with E-state index in [9.17, 15) is 0 Å². The van der Waals surface area contributed by atoms with Crippen molar-refractivity contribution in [2.45, 2.75) is 10.3 Å². The second-order valence-corrected chi connectivity index (χ2v) is 4.42. The minimum absolute atomic E-state index is 0.430. The molecule has 4 heteroatoms. The fourth-order valence-corrected chi connectivity index (χ4v) is 1.79. The first-order valence-electron chi connectivity index (χ1n) is 3.64. The average Bonchev–Trinajstić information content (AvgIpc) is 2.16. The molecule has 0 aliphatic rings. The summed E-state index contributed by atoms with van der Waals surface area (Å²) in [6.07, 6.45) is 0. The molecule has 0 saturated heterocycles. The number of alkyl halides is 1. The number of hydrogen-bond acceptors (Lipinski definition) is 2. The number of hydrogen-bond donors (Lipinski definition) is 0. The van der Waals surface area contributed by atoms with Crippen molar-refractivity contribution in [2.75, 3.05) is 5.75 Å². The highest BCUT2D eigenvalue weighted by Crippen LogP contribution is 2.21. The molecule has 0 radical (unpaired) electrons. The van der Waals surface area contributed by atoms with Crippen molar-refractivity contribution in [1.82, 2.24) is 0 Å². The minimum Gasteiger partial charge on any atom is -0.197 e. The Hall–Kier alpha value is -0.360. The zero-order valence-corrected chi connectivity index (χ0v) is 9.03. The van der Waals surface area contributed by atoms with E-state index in [1.54, 1.807) is 11.8 Å². The number of benzene rings is 1. The van der Waals surface area contributed by atoms with E-state index in [1.807, 2.05) is 30.3 Å². The Balaban J connectivity index is 2.47. The van der Waals surface area contributed by atoms with E-state index in [4.69, 9.17) is 28.5 Å². The number of halogens is 2. The van der Waals surface area contributed by atoms with Crippen molar-refractivity contribution in [3.8, 4) is 6.07 Å². The predicted molar refractivity (Wildman–Crippen MR) is 57.4 cm³/mol. The number of nitriles is 1. The molecule has 1 atom stereocenters. The van der Waals surface area contributed by atoms with E-state index in [0.29, 0.717) is 10.8 Å². The van der Waals surface area contributed by atoms with Crippen LogP contribution in [0.5, 0.6) is 0 Å². The lowest BCUT2D eigenvalue weighted by Crippen LogP contribution is -1.96. The summed E-state index contributed by atoms with van der Waals surface area (Å²) in [7, 11) is 0. The number of thioether (sulfide) groups is 1. The van der Waals surface area contributed by atoms with E-state index in [-0.39, 0.29) is 0 Å². The van der Waals surface area contributed by atoms with Crippen LogP contribution in [0.3, 0.4) is 0 Å². The van der Waals surface area contributed by atoms with Crippen molar-refractivity contribution in [3.63, 3.8) is 0 Å². The molecule has 1 nitrogen and oxygen atoms in total. The monoisotopic (exact) mass is 231 g/mol. The molecule has 0 N–H and O–H groups in total. The first-order valence-corrected chi connectivity index (χ1v) is 5.44. The lowest BCUT2D eigenvalue weighted by Gasteiger charge is -2.00. The lowest BCUT2D eigenvalue weighted by atomic mass is 10.4. The molecule has 0 fully saturated rings. The van der Waals surface area contributed by atoms with Gasteiger partial charge in [0.25, 0.3) is 0 Å². The second-order valence-electron chi connectivity index (χ2n) is 2.36.